The summed E-state index contributed by atoms with van der Waals surface area (Å²) < 4.78 is 0. The second kappa shape index (κ2) is 5.30. The van der Waals surface area contributed by atoms with Crippen LogP contribution < -0.4 is 4.90 Å². The van der Waals surface area contributed by atoms with Gasteiger partial charge >= 0.3 is 0 Å². The van der Waals surface area contributed by atoms with Crippen molar-refractivity contribution in [3.8, 4) is 0 Å². The van der Waals surface area contributed by atoms with Gasteiger partial charge in [-0.1, -0.05) is 6.07 Å². The van der Waals surface area contributed by atoms with Crippen LogP contribution in [0.25, 0.3) is 0 Å². The highest BCUT2D eigenvalue weighted by atomic mass is 16.3. The molecule has 1 aromatic rings. The quantitative estimate of drug-likeness (QED) is 0.851. The Morgan fingerprint density at radius 1 is 1.06 bits per heavy atom. The highest BCUT2D eigenvalue weighted by Gasteiger charge is 2.15. The molecule has 0 saturated carbocycles. The van der Waals surface area contributed by atoms with Gasteiger partial charge in [-0.25, -0.2) is 4.98 Å². The number of hydrogen-bond acceptors (Lipinski definition) is 3. The van der Waals surface area contributed by atoms with Gasteiger partial charge in [-0.05, 0) is 46.2 Å². The van der Waals surface area contributed by atoms with Crippen LogP contribution in [0.15, 0.2) is 18.3 Å². The van der Waals surface area contributed by atoms with Crippen LogP contribution in [0, 0.1) is 0 Å². The smallest absolute Gasteiger partial charge is 0.128 e. The molecule has 0 spiro atoms. The molecule has 16 heavy (non-hydrogen) atoms. The molecular formula is C13H22N2O. The molecule has 0 aliphatic carbocycles. The van der Waals surface area contributed by atoms with E-state index >= 15 is 0 Å². The second-order valence-electron chi connectivity index (χ2n) is 4.72. The van der Waals surface area contributed by atoms with Crippen molar-refractivity contribution in [3.63, 3.8) is 0 Å². The number of aliphatic hydroxyl groups excluding tert-OH is 1. The zero-order valence-corrected chi connectivity index (χ0v) is 10.8. The van der Waals surface area contributed by atoms with E-state index in [4.69, 9.17) is 0 Å². The zero-order chi connectivity index (χ0) is 12.3. The van der Waals surface area contributed by atoms with Gasteiger partial charge in [0.1, 0.15) is 5.82 Å². The third-order valence-corrected chi connectivity index (χ3v) is 2.63. The summed E-state index contributed by atoms with van der Waals surface area (Å²) in [7, 11) is 0. The number of aliphatic hydroxyl groups is 1. The minimum atomic E-state index is -0.451. The average Bonchev–Trinajstić information content (AvgIpc) is 2.17. The number of hydrogen-bond donors (Lipinski definition) is 1. The summed E-state index contributed by atoms with van der Waals surface area (Å²) in [6, 6.07) is 4.75. The van der Waals surface area contributed by atoms with Crippen LogP contribution in [0.1, 0.15) is 46.3 Å². The minimum absolute atomic E-state index is 0.421. The van der Waals surface area contributed by atoms with Crippen LogP contribution in [-0.2, 0) is 0 Å². The van der Waals surface area contributed by atoms with Crippen molar-refractivity contribution in [1.29, 1.82) is 0 Å². The summed E-state index contributed by atoms with van der Waals surface area (Å²) in [6.45, 7) is 10.4. The van der Waals surface area contributed by atoms with Crippen molar-refractivity contribution in [2.45, 2.75) is 52.8 Å². The van der Waals surface area contributed by atoms with Crippen molar-refractivity contribution >= 4 is 5.82 Å². The molecule has 0 aliphatic heterocycles. The Labute approximate surface area is 98.1 Å². The van der Waals surface area contributed by atoms with Gasteiger partial charge < -0.3 is 10.0 Å². The highest BCUT2D eigenvalue weighted by molar-refractivity contribution is 5.41. The summed E-state index contributed by atoms with van der Waals surface area (Å²) >= 11 is 0. The molecule has 0 aliphatic rings. The summed E-state index contributed by atoms with van der Waals surface area (Å²) in [5.74, 6) is 0.967. The Kier molecular flexibility index (Phi) is 4.30. The number of rotatable bonds is 4. The molecule has 0 saturated heterocycles. The molecule has 0 bridgehead atoms. The lowest BCUT2D eigenvalue weighted by Crippen LogP contribution is -2.37. The Bertz CT molecular complexity index is 309. The molecule has 1 N–H and O–H groups in total. The molecule has 3 heteroatoms. The molecule has 0 amide bonds. The molecule has 0 fully saturated rings. The molecule has 90 valence electrons. The lowest BCUT2D eigenvalue weighted by molar-refractivity contribution is 0.199. The molecule has 1 aromatic heterocycles. The molecule has 0 unspecified atom stereocenters. The third kappa shape index (κ3) is 2.95. The summed E-state index contributed by atoms with van der Waals surface area (Å²) in [5, 5.41) is 9.42. The van der Waals surface area contributed by atoms with Crippen LogP contribution in [0.5, 0.6) is 0 Å². The van der Waals surface area contributed by atoms with Gasteiger partial charge in [-0.3, -0.25) is 0 Å². The first-order chi connectivity index (χ1) is 7.43. The first kappa shape index (κ1) is 13.0. The normalized spacial score (nSPS) is 13.2. The number of pyridine rings is 1. The van der Waals surface area contributed by atoms with Crippen LogP contribution in [0.2, 0.25) is 0 Å². The van der Waals surface area contributed by atoms with E-state index in [9.17, 15) is 5.11 Å². The molecule has 0 radical (unpaired) electrons. The van der Waals surface area contributed by atoms with Gasteiger partial charge in [-0.15, -0.1) is 0 Å². The number of nitrogens with zero attached hydrogens (tertiary/aromatic N) is 2. The molecule has 1 rings (SSSR count). The Morgan fingerprint density at radius 2 is 1.62 bits per heavy atom. The van der Waals surface area contributed by atoms with Crippen LogP contribution in [-0.4, -0.2) is 22.2 Å². The Morgan fingerprint density at radius 3 is 1.94 bits per heavy atom. The average molecular weight is 222 g/mol. The maximum Gasteiger partial charge on any atom is 0.128 e. The lowest BCUT2D eigenvalue weighted by atomic mass is 10.1. The second-order valence-corrected chi connectivity index (χ2v) is 4.72. The van der Waals surface area contributed by atoms with E-state index in [0.717, 1.165) is 11.4 Å². The molecule has 1 heterocycles. The monoisotopic (exact) mass is 222 g/mol. The highest BCUT2D eigenvalue weighted by Crippen LogP contribution is 2.19. The Balaban J connectivity index is 2.94. The van der Waals surface area contributed by atoms with E-state index in [1.54, 1.807) is 13.1 Å². The van der Waals surface area contributed by atoms with Crippen LogP contribution in [0.3, 0.4) is 0 Å². The summed E-state index contributed by atoms with van der Waals surface area (Å²) in [5.41, 5.74) is 0.858. The molecule has 0 aromatic carbocycles. The van der Waals surface area contributed by atoms with E-state index in [2.05, 4.69) is 37.6 Å². The van der Waals surface area contributed by atoms with Crippen molar-refractivity contribution in [2.24, 2.45) is 0 Å². The largest absolute Gasteiger partial charge is 0.389 e. The van der Waals surface area contributed by atoms with Gasteiger partial charge in [0.25, 0.3) is 0 Å². The molecular weight excluding hydrogens is 200 g/mol. The molecule has 3 nitrogen and oxygen atoms in total. The van der Waals surface area contributed by atoms with E-state index < -0.39 is 6.10 Å². The van der Waals surface area contributed by atoms with Crippen molar-refractivity contribution < 1.29 is 5.11 Å². The first-order valence-corrected chi connectivity index (χ1v) is 5.85. The predicted molar refractivity (Wildman–Crippen MR) is 67.6 cm³/mol. The maximum atomic E-state index is 9.42. The van der Waals surface area contributed by atoms with Gasteiger partial charge in [-0.2, -0.15) is 0 Å². The number of anilines is 1. The first-order valence-electron chi connectivity index (χ1n) is 5.85. The van der Waals surface area contributed by atoms with Crippen LogP contribution in [0.4, 0.5) is 5.82 Å². The fraction of sp³-hybridized carbons (Fsp3) is 0.615. The van der Waals surface area contributed by atoms with Gasteiger partial charge in [0.15, 0.2) is 0 Å². The van der Waals surface area contributed by atoms with Crippen molar-refractivity contribution in [1.82, 2.24) is 4.98 Å². The van der Waals surface area contributed by atoms with Gasteiger partial charge in [0.2, 0.25) is 0 Å². The Hall–Kier alpha value is -1.09. The SMILES string of the molecule is CC(C)N(c1ccc([C@H](C)O)cn1)C(C)C. The topological polar surface area (TPSA) is 36.4 Å². The fourth-order valence-corrected chi connectivity index (χ4v) is 1.92. The van der Waals surface area contributed by atoms with E-state index in [0.29, 0.717) is 12.1 Å². The zero-order valence-electron chi connectivity index (χ0n) is 10.8. The standard InChI is InChI=1S/C13H22N2O/c1-9(2)15(10(3)4)13-7-6-12(8-14-13)11(5)16/h6-11,16H,1-5H3/t11-/m0/s1. The van der Waals surface area contributed by atoms with E-state index in [1.165, 1.54) is 0 Å². The number of aromatic nitrogens is 1. The maximum absolute atomic E-state index is 9.42. The lowest BCUT2D eigenvalue weighted by Gasteiger charge is -2.32. The fourth-order valence-electron chi connectivity index (χ4n) is 1.92. The predicted octanol–water partition coefficient (Wildman–Crippen LogP) is 2.76. The minimum Gasteiger partial charge on any atom is -0.389 e. The summed E-state index contributed by atoms with van der Waals surface area (Å²) in [6.07, 6.45) is 1.30. The molecule has 1 atom stereocenters. The van der Waals surface area contributed by atoms with E-state index in [-0.39, 0.29) is 0 Å². The van der Waals surface area contributed by atoms with Crippen molar-refractivity contribution in [2.75, 3.05) is 4.90 Å². The van der Waals surface area contributed by atoms with E-state index in [1.807, 2.05) is 12.1 Å². The van der Waals surface area contributed by atoms with Gasteiger partial charge in [0, 0.05) is 18.3 Å². The third-order valence-electron chi connectivity index (χ3n) is 2.63. The summed E-state index contributed by atoms with van der Waals surface area (Å²) in [4.78, 5) is 6.66. The van der Waals surface area contributed by atoms with Gasteiger partial charge in [0.05, 0.1) is 6.10 Å². The van der Waals surface area contributed by atoms with Crippen molar-refractivity contribution in [3.05, 3.63) is 23.9 Å². The van der Waals surface area contributed by atoms with Crippen LogP contribution >= 0.6 is 0 Å².